The lowest BCUT2D eigenvalue weighted by Gasteiger charge is -2.27. The molecule has 0 aliphatic carbocycles. The summed E-state index contributed by atoms with van der Waals surface area (Å²) in [5.74, 6) is 1.27. The summed E-state index contributed by atoms with van der Waals surface area (Å²) >= 11 is 3.47. The van der Waals surface area contributed by atoms with Crippen molar-refractivity contribution < 1.29 is 18.6 Å². The van der Waals surface area contributed by atoms with Crippen LogP contribution in [0.1, 0.15) is 29.2 Å². The first kappa shape index (κ1) is 24.6. The Kier molecular flexibility index (Phi) is 8.78. The number of hydrogen-bond acceptors (Lipinski definition) is 4. The van der Waals surface area contributed by atoms with Crippen molar-refractivity contribution in [2.75, 3.05) is 25.7 Å². The lowest BCUT2D eigenvalue weighted by Crippen LogP contribution is -2.23. The largest absolute Gasteiger partial charge is 0.501 e. The van der Waals surface area contributed by atoms with Gasteiger partial charge in [-0.3, -0.25) is 0 Å². The van der Waals surface area contributed by atoms with E-state index in [-0.39, 0.29) is 5.82 Å². The molecule has 0 fully saturated rings. The number of nitrogens with zero attached hydrogens (tertiary/aromatic N) is 1. The number of methoxy groups -OCH3 is 2. The van der Waals surface area contributed by atoms with Crippen LogP contribution in [-0.4, -0.2) is 20.8 Å². The Morgan fingerprint density at radius 3 is 1.88 bits per heavy atom. The summed E-state index contributed by atoms with van der Waals surface area (Å²) in [6.45, 7) is 5.51. The van der Waals surface area contributed by atoms with E-state index in [1.54, 1.807) is 26.6 Å². The molecule has 0 saturated heterocycles. The normalized spacial score (nSPS) is 11.0. The predicted molar refractivity (Wildman–Crippen MR) is 135 cm³/mol. The van der Waals surface area contributed by atoms with Gasteiger partial charge in [-0.2, -0.15) is 0 Å². The van der Waals surface area contributed by atoms with Gasteiger partial charge in [0, 0.05) is 13.1 Å². The highest BCUT2D eigenvalue weighted by atomic mass is 79.9. The summed E-state index contributed by atoms with van der Waals surface area (Å²) in [5.41, 5.74) is 4.34. The Labute approximate surface area is 203 Å². The smallest absolute Gasteiger partial charge is 0.161 e. The monoisotopic (exact) mass is 513 g/mol. The molecule has 3 aromatic carbocycles. The van der Waals surface area contributed by atoms with E-state index in [1.165, 1.54) is 0 Å². The van der Waals surface area contributed by atoms with E-state index in [4.69, 9.17) is 14.2 Å². The molecular weight excluding hydrogens is 485 g/mol. The van der Waals surface area contributed by atoms with E-state index in [9.17, 15) is 0 Å². The third-order valence-corrected chi connectivity index (χ3v) is 6.11. The molecule has 0 radical (unpaired) electrons. The van der Waals surface area contributed by atoms with Gasteiger partial charge in [-0.25, -0.2) is 4.39 Å². The van der Waals surface area contributed by atoms with Crippen molar-refractivity contribution in [1.29, 1.82) is 0 Å². The van der Waals surface area contributed by atoms with Crippen LogP contribution in [0.5, 0.6) is 11.5 Å². The first-order valence-corrected chi connectivity index (χ1v) is 11.5. The summed E-state index contributed by atoms with van der Waals surface area (Å²) < 4.78 is 31.9. The second-order valence-corrected chi connectivity index (χ2v) is 8.36. The van der Waals surface area contributed by atoms with Gasteiger partial charge in [0.2, 0.25) is 0 Å². The summed E-state index contributed by atoms with van der Waals surface area (Å²) in [5, 5.41) is 0. The maximum atomic E-state index is 15.6. The van der Waals surface area contributed by atoms with Crippen LogP contribution in [0.2, 0.25) is 0 Å². The molecule has 3 aromatic rings. The molecule has 0 atom stereocenters. The van der Waals surface area contributed by atoms with Crippen LogP contribution in [0, 0.1) is 12.7 Å². The zero-order valence-corrected chi connectivity index (χ0v) is 21.0. The predicted octanol–water partition coefficient (Wildman–Crippen LogP) is 7.13. The zero-order chi connectivity index (χ0) is 23.8. The van der Waals surface area contributed by atoms with Crippen molar-refractivity contribution >= 4 is 27.7 Å². The van der Waals surface area contributed by atoms with Crippen LogP contribution in [0.4, 0.5) is 10.1 Å². The lowest BCUT2D eigenvalue weighted by molar-refractivity contribution is 0.272. The molecule has 4 nitrogen and oxygen atoms in total. The Hall–Kier alpha value is -2.99. The van der Waals surface area contributed by atoms with Crippen molar-refractivity contribution in [3.8, 4) is 11.5 Å². The van der Waals surface area contributed by atoms with E-state index >= 15 is 4.39 Å². The summed E-state index contributed by atoms with van der Waals surface area (Å²) in [4.78, 5) is 2.03. The molecule has 0 aliphatic heterocycles. The molecule has 0 amide bonds. The molecular formula is C27H29BrFNO3. The molecule has 0 unspecified atom stereocenters. The first-order valence-electron chi connectivity index (χ1n) is 10.7. The average molecular weight is 514 g/mol. The van der Waals surface area contributed by atoms with Gasteiger partial charge in [0.15, 0.2) is 5.82 Å². The Morgan fingerprint density at radius 1 is 0.909 bits per heavy atom. The molecule has 33 heavy (non-hydrogen) atoms. The SMILES string of the molecule is CCOC=Cc1c(C)cc(N(Cc2ccc(OC)cc2)Cc2ccc(OC)cc2)c(F)c1Br. The summed E-state index contributed by atoms with van der Waals surface area (Å²) in [6.07, 6.45) is 3.38. The molecule has 0 aliphatic rings. The maximum Gasteiger partial charge on any atom is 0.161 e. The highest BCUT2D eigenvalue weighted by molar-refractivity contribution is 9.10. The van der Waals surface area contributed by atoms with E-state index in [2.05, 4.69) is 15.9 Å². The van der Waals surface area contributed by atoms with Crippen molar-refractivity contribution in [3.05, 3.63) is 93.4 Å². The summed E-state index contributed by atoms with van der Waals surface area (Å²) in [6, 6.07) is 17.5. The highest BCUT2D eigenvalue weighted by Gasteiger charge is 2.19. The topological polar surface area (TPSA) is 30.9 Å². The van der Waals surface area contributed by atoms with Crippen molar-refractivity contribution in [1.82, 2.24) is 0 Å². The molecule has 3 rings (SSSR count). The number of halogens is 2. The fourth-order valence-corrected chi connectivity index (χ4v) is 4.17. The van der Waals surface area contributed by atoms with Crippen LogP contribution >= 0.6 is 15.9 Å². The number of anilines is 1. The molecule has 0 heterocycles. The number of rotatable bonds is 10. The van der Waals surface area contributed by atoms with Gasteiger partial charge in [-0.05, 0) is 88.4 Å². The second kappa shape index (κ2) is 11.8. The Bertz CT molecular complexity index is 1030. The van der Waals surface area contributed by atoms with Crippen LogP contribution in [-0.2, 0) is 17.8 Å². The van der Waals surface area contributed by atoms with Gasteiger partial charge < -0.3 is 19.1 Å². The molecule has 0 spiro atoms. The third kappa shape index (κ3) is 6.29. The fourth-order valence-electron chi connectivity index (χ4n) is 3.53. The van der Waals surface area contributed by atoms with E-state index in [0.717, 1.165) is 33.8 Å². The molecule has 0 saturated carbocycles. The van der Waals surface area contributed by atoms with E-state index < -0.39 is 0 Å². The molecule has 0 bridgehead atoms. The fraction of sp³-hybridized carbons (Fsp3) is 0.259. The van der Waals surface area contributed by atoms with Gasteiger partial charge in [0.05, 0.1) is 37.2 Å². The molecule has 6 heteroatoms. The minimum atomic E-state index is -0.307. The van der Waals surface area contributed by atoms with Gasteiger partial charge in [0.1, 0.15) is 11.5 Å². The van der Waals surface area contributed by atoms with Crippen LogP contribution in [0.25, 0.3) is 6.08 Å². The number of aryl methyl sites for hydroxylation is 1. The summed E-state index contributed by atoms with van der Waals surface area (Å²) in [7, 11) is 3.28. The Morgan fingerprint density at radius 2 is 1.42 bits per heavy atom. The lowest BCUT2D eigenvalue weighted by atomic mass is 10.1. The van der Waals surface area contributed by atoms with Crippen LogP contribution in [0.15, 0.2) is 65.3 Å². The minimum absolute atomic E-state index is 0.307. The van der Waals surface area contributed by atoms with Gasteiger partial charge >= 0.3 is 0 Å². The van der Waals surface area contributed by atoms with Crippen LogP contribution in [0.3, 0.4) is 0 Å². The van der Waals surface area contributed by atoms with Crippen molar-refractivity contribution in [2.45, 2.75) is 26.9 Å². The van der Waals surface area contributed by atoms with Crippen molar-refractivity contribution in [3.63, 3.8) is 0 Å². The first-order chi connectivity index (χ1) is 16.0. The zero-order valence-electron chi connectivity index (χ0n) is 19.4. The second-order valence-electron chi connectivity index (χ2n) is 7.56. The Balaban J connectivity index is 1.99. The standard InChI is InChI=1S/C27H29BrFNO3/c1-5-33-15-14-24-19(2)16-25(27(29)26(24)28)30(17-20-6-10-22(31-3)11-7-20)18-21-8-12-23(32-4)13-9-21/h6-16H,5,17-18H2,1-4H3. The van der Waals surface area contributed by atoms with Crippen molar-refractivity contribution in [2.24, 2.45) is 0 Å². The maximum absolute atomic E-state index is 15.6. The minimum Gasteiger partial charge on any atom is -0.501 e. The number of hydrogen-bond donors (Lipinski definition) is 0. The molecule has 174 valence electrons. The third-order valence-electron chi connectivity index (χ3n) is 5.34. The average Bonchev–Trinajstić information content (AvgIpc) is 2.84. The van der Waals surface area contributed by atoms with Gasteiger partial charge in [-0.1, -0.05) is 24.3 Å². The van der Waals surface area contributed by atoms with Crippen LogP contribution < -0.4 is 14.4 Å². The molecule has 0 N–H and O–H groups in total. The molecule has 0 aromatic heterocycles. The van der Waals surface area contributed by atoms with Gasteiger partial charge in [0.25, 0.3) is 0 Å². The number of ether oxygens (including phenoxy) is 3. The number of benzene rings is 3. The van der Waals surface area contributed by atoms with E-state index in [1.807, 2.05) is 73.3 Å². The highest BCUT2D eigenvalue weighted by Crippen LogP contribution is 2.35. The van der Waals surface area contributed by atoms with Gasteiger partial charge in [-0.15, -0.1) is 0 Å². The van der Waals surface area contributed by atoms with E-state index in [0.29, 0.717) is 29.9 Å². The quantitative estimate of drug-likeness (QED) is 0.270.